The van der Waals surface area contributed by atoms with Gasteiger partial charge >= 0.3 is 11.9 Å². The summed E-state index contributed by atoms with van der Waals surface area (Å²) in [5, 5.41) is 8.91. The Kier molecular flexibility index (Phi) is 5.41. The molecule has 1 aliphatic rings. The molecule has 17 heavy (non-hydrogen) atoms. The van der Waals surface area contributed by atoms with E-state index < -0.39 is 11.9 Å². The summed E-state index contributed by atoms with van der Waals surface area (Å²) in [6, 6.07) is 0.137. The van der Waals surface area contributed by atoms with Gasteiger partial charge in [0.2, 0.25) is 0 Å². The molecule has 0 aromatic carbocycles. The van der Waals surface area contributed by atoms with E-state index in [-0.39, 0.29) is 12.0 Å². The van der Waals surface area contributed by atoms with E-state index in [1.807, 2.05) is 0 Å². The molecule has 0 radical (unpaired) electrons. The average Bonchev–Trinajstić information content (AvgIpc) is 2.31. The Balaban J connectivity index is 2.53. The normalized spacial score (nSPS) is 23.1. The molecule has 1 aliphatic heterocycles. The number of hydrogen-bond acceptors (Lipinski definition) is 4. The second-order valence-electron chi connectivity index (χ2n) is 4.66. The molecular formula is C12H21NO4. The number of nitrogens with zero attached hydrogens (tertiary/aromatic N) is 1. The molecular weight excluding hydrogens is 222 g/mol. The highest BCUT2D eigenvalue weighted by molar-refractivity contribution is 5.70. The van der Waals surface area contributed by atoms with Crippen LogP contribution < -0.4 is 0 Å². The Bertz CT molecular complexity index is 280. The van der Waals surface area contributed by atoms with Gasteiger partial charge in [-0.15, -0.1) is 0 Å². The maximum atomic E-state index is 11.3. The molecule has 1 saturated heterocycles. The summed E-state index contributed by atoms with van der Waals surface area (Å²) in [6.45, 7) is 3.09. The maximum Gasteiger partial charge on any atom is 0.307 e. The van der Waals surface area contributed by atoms with Gasteiger partial charge in [0.05, 0.1) is 19.4 Å². The number of piperidine rings is 1. The summed E-state index contributed by atoms with van der Waals surface area (Å²) >= 11 is 0. The Morgan fingerprint density at radius 3 is 2.76 bits per heavy atom. The van der Waals surface area contributed by atoms with Crippen LogP contribution >= 0.6 is 0 Å². The zero-order valence-corrected chi connectivity index (χ0v) is 10.5. The zero-order chi connectivity index (χ0) is 12.8. The minimum Gasteiger partial charge on any atom is -0.481 e. The molecule has 0 bridgehead atoms. The molecule has 0 aromatic rings. The lowest BCUT2D eigenvalue weighted by molar-refractivity contribution is -0.143. The minimum absolute atomic E-state index is 0.137. The smallest absolute Gasteiger partial charge is 0.307 e. The standard InChI is InChI=1S/C12H21NO4/c1-9(12(15)16)8-13-6-4-3-5-10(13)7-11(14)17-2/h9-10H,3-8H2,1-2H3,(H,15,16). The first-order valence-corrected chi connectivity index (χ1v) is 6.08. The fraction of sp³-hybridized carbons (Fsp3) is 0.833. The third kappa shape index (κ3) is 4.34. The van der Waals surface area contributed by atoms with Gasteiger partial charge in [-0.25, -0.2) is 0 Å². The van der Waals surface area contributed by atoms with Gasteiger partial charge in [-0.3, -0.25) is 14.5 Å². The topological polar surface area (TPSA) is 66.8 Å². The number of carboxylic acid groups (broad SMARTS) is 1. The van der Waals surface area contributed by atoms with Crippen LogP contribution in [0, 0.1) is 5.92 Å². The maximum absolute atomic E-state index is 11.3. The van der Waals surface area contributed by atoms with Crippen LogP contribution in [0.2, 0.25) is 0 Å². The number of hydrogen-bond donors (Lipinski definition) is 1. The first-order chi connectivity index (χ1) is 8.04. The molecule has 1 N–H and O–H groups in total. The molecule has 1 fully saturated rings. The molecule has 98 valence electrons. The van der Waals surface area contributed by atoms with Crippen LogP contribution in [0.3, 0.4) is 0 Å². The van der Waals surface area contributed by atoms with Crippen LogP contribution in [0.15, 0.2) is 0 Å². The van der Waals surface area contributed by atoms with Crippen molar-refractivity contribution in [3.63, 3.8) is 0 Å². The predicted octanol–water partition coefficient (Wildman–Crippen LogP) is 1.12. The van der Waals surface area contributed by atoms with Crippen molar-refractivity contribution in [1.29, 1.82) is 0 Å². The highest BCUT2D eigenvalue weighted by Gasteiger charge is 2.27. The summed E-state index contributed by atoms with van der Waals surface area (Å²) in [7, 11) is 1.38. The van der Waals surface area contributed by atoms with Crippen LogP contribution in [-0.4, -0.2) is 48.2 Å². The quantitative estimate of drug-likeness (QED) is 0.733. The SMILES string of the molecule is COC(=O)CC1CCCCN1CC(C)C(=O)O. The van der Waals surface area contributed by atoms with Crippen LogP contribution in [0.4, 0.5) is 0 Å². The molecule has 2 atom stereocenters. The van der Waals surface area contributed by atoms with Gasteiger partial charge in [-0.1, -0.05) is 13.3 Å². The minimum atomic E-state index is -0.785. The monoisotopic (exact) mass is 243 g/mol. The number of carbonyl (C=O) groups is 2. The number of likely N-dealkylation sites (tertiary alicyclic amines) is 1. The molecule has 0 amide bonds. The predicted molar refractivity (Wildman–Crippen MR) is 62.6 cm³/mol. The average molecular weight is 243 g/mol. The van der Waals surface area contributed by atoms with Crippen molar-refractivity contribution in [1.82, 2.24) is 4.90 Å². The fourth-order valence-corrected chi connectivity index (χ4v) is 2.24. The van der Waals surface area contributed by atoms with Gasteiger partial charge in [0.1, 0.15) is 0 Å². The zero-order valence-electron chi connectivity index (χ0n) is 10.5. The largest absolute Gasteiger partial charge is 0.481 e. The third-order valence-corrected chi connectivity index (χ3v) is 3.31. The van der Waals surface area contributed by atoms with Crippen molar-refractivity contribution in [2.75, 3.05) is 20.2 Å². The molecule has 2 unspecified atom stereocenters. The van der Waals surface area contributed by atoms with Crippen LogP contribution in [0.25, 0.3) is 0 Å². The van der Waals surface area contributed by atoms with Crippen LogP contribution in [-0.2, 0) is 14.3 Å². The lowest BCUT2D eigenvalue weighted by atomic mass is 9.98. The van der Waals surface area contributed by atoms with E-state index in [9.17, 15) is 9.59 Å². The lowest BCUT2D eigenvalue weighted by Crippen LogP contribution is -2.44. The number of rotatable bonds is 5. The Morgan fingerprint density at radius 2 is 2.18 bits per heavy atom. The molecule has 1 rings (SSSR count). The highest BCUT2D eigenvalue weighted by Crippen LogP contribution is 2.21. The fourth-order valence-electron chi connectivity index (χ4n) is 2.24. The Hall–Kier alpha value is -1.10. The third-order valence-electron chi connectivity index (χ3n) is 3.31. The first-order valence-electron chi connectivity index (χ1n) is 6.08. The van der Waals surface area contributed by atoms with Crippen LogP contribution in [0.5, 0.6) is 0 Å². The second kappa shape index (κ2) is 6.59. The summed E-state index contributed by atoms with van der Waals surface area (Å²) in [5.41, 5.74) is 0. The second-order valence-corrected chi connectivity index (χ2v) is 4.66. The number of ether oxygens (including phenoxy) is 1. The van der Waals surface area contributed by atoms with E-state index >= 15 is 0 Å². The summed E-state index contributed by atoms with van der Waals surface area (Å²) in [4.78, 5) is 24.2. The molecule has 5 heteroatoms. The first kappa shape index (κ1) is 14.0. The molecule has 0 spiro atoms. The summed E-state index contributed by atoms with van der Waals surface area (Å²) < 4.78 is 4.67. The van der Waals surface area contributed by atoms with Gasteiger partial charge in [-0.2, -0.15) is 0 Å². The number of carboxylic acids is 1. The molecule has 0 aromatic heterocycles. The molecule has 0 aliphatic carbocycles. The summed E-state index contributed by atoms with van der Waals surface area (Å²) in [5.74, 6) is -1.40. The van der Waals surface area contributed by atoms with E-state index in [0.29, 0.717) is 13.0 Å². The van der Waals surface area contributed by atoms with Crippen molar-refractivity contribution in [2.24, 2.45) is 5.92 Å². The van der Waals surface area contributed by atoms with Crippen molar-refractivity contribution >= 4 is 11.9 Å². The molecule has 0 saturated carbocycles. The Morgan fingerprint density at radius 1 is 1.47 bits per heavy atom. The van der Waals surface area contributed by atoms with Crippen molar-refractivity contribution in [3.8, 4) is 0 Å². The van der Waals surface area contributed by atoms with Gasteiger partial charge in [0.15, 0.2) is 0 Å². The lowest BCUT2D eigenvalue weighted by Gasteiger charge is -2.36. The number of carbonyl (C=O) groups excluding carboxylic acids is 1. The highest BCUT2D eigenvalue weighted by atomic mass is 16.5. The number of methoxy groups -OCH3 is 1. The van der Waals surface area contributed by atoms with Crippen molar-refractivity contribution < 1.29 is 19.4 Å². The van der Waals surface area contributed by atoms with E-state index in [1.165, 1.54) is 7.11 Å². The van der Waals surface area contributed by atoms with E-state index in [0.717, 1.165) is 25.8 Å². The number of esters is 1. The Labute approximate surface area is 102 Å². The molecule has 1 heterocycles. The van der Waals surface area contributed by atoms with Gasteiger partial charge in [0, 0.05) is 12.6 Å². The van der Waals surface area contributed by atoms with Crippen LogP contribution in [0.1, 0.15) is 32.6 Å². The van der Waals surface area contributed by atoms with Crippen molar-refractivity contribution in [3.05, 3.63) is 0 Å². The van der Waals surface area contributed by atoms with Gasteiger partial charge in [-0.05, 0) is 19.4 Å². The van der Waals surface area contributed by atoms with E-state index in [2.05, 4.69) is 9.64 Å². The van der Waals surface area contributed by atoms with Gasteiger partial charge in [0.25, 0.3) is 0 Å². The van der Waals surface area contributed by atoms with Crippen molar-refractivity contribution in [2.45, 2.75) is 38.6 Å². The van der Waals surface area contributed by atoms with E-state index in [1.54, 1.807) is 6.92 Å². The molecule has 5 nitrogen and oxygen atoms in total. The van der Waals surface area contributed by atoms with Gasteiger partial charge < -0.3 is 9.84 Å². The number of aliphatic carboxylic acids is 1. The van der Waals surface area contributed by atoms with E-state index in [4.69, 9.17) is 5.11 Å². The summed E-state index contributed by atoms with van der Waals surface area (Å²) in [6.07, 6.45) is 3.48.